The van der Waals surface area contributed by atoms with E-state index < -0.39 is 36.3 Å². The van der Waals surface area contributed by atoms with E-state index in [0.29, 0.717) is 30.2 Å². The number of carbonyl (C=O) groups excluding carboxylic acids is 1. The number of halogens is 3. The molecule has 1 aliphatic rings. The number of hydrogen-bond acceptors (Lipinski definition) is 4. The number of carbonyl (C=O) groups is 1. The highest BCUT2D eigenvalue weighted by Gasteiger charge is 2.51. The van der Waals surface area contributed by atoms with Crippen molar-refractivity contribution >= 4 is 5.91 Å². The second-order valence-electron chi connectivity index (χ2n) is 7.92. The highest BCUT2D eigenvalue weighted by Crippen LogP contribution is 2.35. The Labute approximate surface area is 170 Å². The molecule has 29 heavy (non-hydrogen) atoms. The number of unbranched alkanes of at least 4 members (excludes halogenated alkanes) is 1. The van der Waals surface area contributed by atoms with Crippen LogP contribution in [0.5, 0.6) is 0 Å². The first kappa shape index (κ1) is 25.4. The third kappa shape index (κ3) is 7.28. The van der Waals surface area contributed by atoms with E-state index in [-0.39, 0.29) is 18.8 Å². The molecular formula is C21H32F3NO4. The lowest BCUT2D eigenvalue weighted by atomic mass is 9.82. The molecular weight excluding hydrogens is 387 g/mol. The maximum absolute atomic E-state index is 12.9. The largest absolute Gasteiger partial charge is 0.417 e. The van der Waals surface area contributed by atoms with E-state index in [1.165, 1.54) is 0 Å². The van der Waals surface area contributed by atoms with Crippen molar-refractivity contribution in [3.05, 3.63) is 35.6 Å². The molecule has 0 unspecified atom stereocenters. The number of nitrogens with one attached hydrogen (secondary N) is 1. The SMILES string of the molecule is C=C1C(=C(NC(=O)C[C@](C)(O)C(F)(F)F)[C@H](C)CCCC=CC)C[C@@H](O)C[C@@H]1O. The van der Waals surface area contributed by atoms with Crippen molar-refractivity contribution in [2.75, 3.05) is 0 Å². The van der Waals surface area contributed by atoms with Gasteiger partial charge < -0.3 is 20.6 Å². The lowest BCUT2D eigenvalue weighted by Crippen LogP contribution is -2.46. The molecule has 0 saturated heterocycles. The van der Waals surface area contributed by atoms with Crippen molar-refractivity contribution in [2.45, 2.75) is 83.3 Å². The van der Waals surface area contributed by atoms with Crippen LogP contribution < -0.4 is 5.32 Å². The third-order valence-electron chi connectivity index (χ3n) is 5.18. The summed E-state index contributed by atoms with van der Waals surface area (Å²) in [5.41, 5.74) is -2.02. The van der Waals surface area contributed by atoms with Gasteiger partial charge in [0.25, 0.3) is 0 Å². The Kier molecular flexibility index (Phi) is 9.11. The number of rotatable bonds is 8. The van der Waals surface area contributed by atoms with E-state index in [9.17, 15) is 33.3 Å². The van der Waals surface area contributed by atoms with Crippen molar-refractivity contribution < 1.29 is 33.3 Å². The van der Waals surface area contributed by atoms with E-state index in [4.69, 9.17) is 0 Å². The van der Waals surface area contributed by atoms with Gasteiger partial charge in [0.15, 0.2) is 5.60 Å². The second-order valence-corrected chi connectivity index (χ2v) is 7.92. The fourth-order valence-electron chi connectivity index (χ4n) is 3.29. The third-order valence-corrected chi connectivity index (χ3v) is 5.18. The zero-order valence-corrected chi connectivity index (χ0v) is 17.2. The number of aliphatic hydroxyl groups is 3. The summed E-state index contributed by atoms with van der Waals surface area (Å²) < 4.78 is 38.8. The summed E-state index contributed by atoms with van der Waals surface area (Å²) in [6.45, 7) is 8.10. The van der Waals surface area contributed by atoms with Crippen LogP contribution in [0.4, 0.5) is 13.2 Å². The minimum atomic E-state index is -4.95. The molecule has 0 aromatic rings. The smallest absolute Gasteiger partial charge is 0.393 e. The van der Waals surface area contributed by atoms with Crippen molar-refractivity contribution in [1.82, 2.24) is 5.32 Å². The normalized spacial score (nSPS) is 25.6. The molecule has 0 aliphatic heterocycles. The molecule has 0 bridgehead atoms. The van der Waals surface area contributed by atoms with Crippen molar-refractivity contribution in [3.63, 3.8) is 0 Å². The van der Waals surface area contributed by atoms with Crippen LogP contribution in [0.1, 0.15) is 59.3 Å². The van der Waals surface area contributed by atoms with Gasteiger partial charge in [0.05, 0.1) is 18.6 Å². The minimum absolute atomic E-state index is 0.113. The summed E-state index contributed by atoms with van der Waals surface area (Å²) in [5, 5.41) is 32.3. The monoisotopic (exact) mass is 419 g/mol. The van der Waals surface area contributed by atoms with E-state index in [2.05, 4.69) is 11.9 Å². The molecule has 1 aliphatic carbocycles. The predicted octanol–water partition coefficient (Wildman–Crippen LogP) is 3.51. The number of alkyl halides is 3. The van der Waals surface area contributed by atoms with Crippen molar-refractivity contribution in [2.24, 2.45) is 5.92 Å². The topological polar surface area (TPSA) is 89.8 Å². The molecule has 4 atom stereocenters. The van der Waals surface area contributed by atoms with Crippen LogP contribution in [0.25, 0.3) is 0 Å². The molecule has 0 aromatic carbocycles. The molecule has 166 valence electrons. The van der Waals surface area contributed by atoms with Gasteiger partial charge in [0, 0.05) is 18.5 Å². The Morgan fingerprint density at radius 2 is 2.00 bits per heavy atom. The van der Waals surface area contributed by atoms with Crippen LogP contribution in [0.2, 0.25) is 0 Å². The summed E-state index contributed by atoms with van der Waals surface area (Å²) in [5.74, 6) is -1.23. The van der Waals surface area contributed by atoms with Gasteiger partial charge in [-0.2, -0.15) is 13.2 Å². The number of hydrogen-bond donors (Lipinski definition) is 4. The number of amides is 1. The number of aliphatic hydroxyl groups excluding tert-OH is 2. The Morgan fingerprint density at radius 3 is 2.55 bits per heavy atom. The molecule has 8 heteroatoms. The van der Waals surface area contributed by atoms with Crippen molar-refractivity contribution in [1.29, 1.82) is 0 Å². The van der Waals surface area contributed by atoms with Gasteiger partial charge in [-0.3, -0.25) is 4.79 Å². The standard InChI is InChI=1S/C21H32F3NO4/c1-5-6-7-8-9-13(2)19(16-10-15(26)11-17(27)14(16)3)25-18(28)12-20(4,29)21(22,23)24/h5-6,13,15,17,26-27,29H,3,7-12H2,1-2,4H3,(H,25,28)/t13-,15-,17+,20+/m1/s1. The molecule has 4 N–H and O–H groups in total. The van der Waals surface area contributed by atoms with Crippen molar-refractivity contribution in [3.8, 4) is 0 Å². The summed E-state index contributed by atoms with van der Waals surface area (Å²) in [4.78, 5) is 12.3. The Balaban J connectivity index is 3.12. The average Bonchev–Trinajstić information content (AvgIpc) is 2.58. The summed E-state index contributed by atoms with van der Waals surface area (Å²) in [7, 11) is 0. The first-order chi connectivity index (χ1) is 13.3. The molecule has 0 spiro atoms. The maximum Gasteiger partial charge on any atom is 0.417 e. The minimum Gasteiger partial charge on any atom is -0.393 e. The van der Waals surface area contributed by atoms with Gasteiger partial charge in [0.1, 0.15) is 0 Å². The fraction of sp³-hybridized carbons (Fsp3) is 0.667. The van der Waals surface area contributed by atoms with Gasteiger partial charge in [-0.15, -0.1) is 0 Å². The van der Waals surface area contributed by atoms with E-state index >= 15 is 0 Å². The molecule has 1 fully saturated rings. The summed E-state index contributed by atoms with van der Waals surface area (Å²) in [6, 6.07) is 0. The van der Waals surface area contributed by atoms with Gasteiger partial charge in [-0.05, 0) is 50.2 Å². The van der Waals surface area contributed by atoms with Gasteiger partial charge >= 0.3 is 6.18 Å². The van der Waals surface area contributed by atoms with Crippen LogP contribution in [0, 0.1) is 5.92 Å². The van der Waals surface area contributed by atoms with E-state index in [0.717, 1.165) is 12.8 Å². The average molecular weight is 419 g/mol. The molecule has 1 saturated carbocycles. The van der Waals surface area contributed by atoms with Crippen LogP contribution in [-0.4, -0.2) is 45.2 Å². The van der Waals surface area contributed by atoms with E-state index in [1.807, 2.05) is 26.0 Å². The highest BCUT2D eigenvalue weighted by atomic mass is 19.4. The predicted molar refractivity (Wildman–Crippen MR) is 105 cm³/mol. The van der Waals surface area contributed by atoms with Crippen LogP contribution in [-0.2, 0) is 4.79 Å². The highest BCUT2D eigenvalue weighted by molar-refractivity contribution is 5.79. The molecule has 1 amide bonds. The Hall–Kier alpha value is -1.64. The van der Waals surface area contributed by atoms with Gasteiger partial charge in [-0.25, -0.2) is 0 Å². The molecule has 0 radical (unpaired) electrons. The summed E-state index contributed by atoms with van der Waals surface area (Å²) >= 11 is 0. The molecule has 0 heterocycles. The summed E-state index contributed by atoms with van der Waals surface area (Å²) in [6.07, 6.45) is -1.54. The van der Waals surface area contributed by atoms with Crippen LogP contribution in [0.15, 0.2) is 35.6 Å². The van der Waals surface area contributed by atoms with Gasteiger partial charge in [0.2, 0.25) is 5.91 Å². The molecule has 0 aromatic heterocycles. The van der Waals surface area contributed by atoms with E-state index in [1.54, 1.807) is 0 Å². The Bertz CT molecular complexity index is 653. The number of allylic oxidation sites excluding steroid dienone is 3. The van der Waals surface area contributed by atoms with Crippen LogP contribution in [0.3, 0.4) is 0 Å². The van der Waals surface area contributed by atoms with Crippen LogP contribution >= 0.6 is 0 Å². The first-order valence-corrected chi connectivity index (χ1v) is 9.78. The zero-order valence-electron chi connectivity index (χ0n) is 17.2. The molecule has 5 nitrogen and oxygen atoms in total. The lowest BCUT2D eigenvalue weighted by Gasteiger charge is -2.32. The first-order valence-electron chi connectivity index (χ1n) is 9.78. The molecule has 1 rings (SSSR count). The quantitative estimate of drug-likeness (QED) is 0.358. The maximum atomic E-state index is 12.9. The lowest BCUT2D eigenvalue weighted by molar-refractivity contribution is -0.253. The zero-order chi connectivity index (χ0) is 22.4. The second kappa shape index (κ2) is 10.4. The van der Waals surface area contributed by atoms with Gasteiger partial charge in [-0.1, -0.05) is 25.7 Å². The fourth-order valence-corrected chi connectivity index (χ4v) is 3.29. The Morgan fingerprint density at radius 1 is 1.38 bits per heavy atom.